The molecule has 1 fully saturated rings. The highest BCUT2D eigenvalue weighted by Gasteiger charge is 2.06. The third-order valence-electron chi connectivity index (χ3n) is 2.07. The Labute approximate surface area is 68.4 Å². The predicted molar refractivity (Wildman–Crippen MR) is 45.6 cm³/mol. The molecule has 0 radical (unpaired) electrons. The van der Waals surface area contributed by atoms with Gasteiger partial charge in [-0.05, 0) is 25.9 Å². The lowest BCUT2D eigenvalue weighted by Crippen LogP contribution is -2.29. The maximum Gasteiger partial charge on any atom is 0.0443 e. The van der Waals surface area contributed by atoms with Gasteiger partial charge in [-0.15, -0.1) is 0 Å². The van der Waals surface area contributed by atoms with Crippen molar-refractivity contribution >= 4 is 0 Å². The van der Waals surface area contributed by atoms with Crippen molar-refractivity contribution in [2.45, 2.75) is 12.8 Å². The molecule has 0 saturated carbocycles. The zero-order chi connectivity index (χ0) is 7.94. The largest absolute Gasteiger partial charge is 0.396 e. The standard InChI is InChI=1S/C8H18N2O/c11-8-2-6-10-5-1-3-9-4-7-10/h9,11H,1-8H2. The van der Waals surface area contributed by atoms with Crippen molar-refractivity contribution in [1.29, 1.82) is 0 Å². The third kappa shape index (κ3) is 3.70. The second kappa shape index (κ2) is 5.52. The molecule has 0 aromatic carbocycles. The smallest absolute Gasteiger partial charge is 0.0443 e. The summed E-state index contributed by atoms with van der Waals surface area (Å²) in [6.45, 7) is 5.95. The molecule has 3 nitrogen and oxygen atoms in total. The number of hydrogen-bond acceptors (Lipinski definition) is 3. The van der Waals surface area contributed by atoms with Gasteiger partial charge >= 0.3 is 0 Å². The van der Waals surface area contributed by atoms with Crippen LogP contribution in [0, 0.1) is 0 Å². The van der Waals surface area contributed by atoms with E-state index in [-0.39, 0.29) is 0 Å². The monoisotopic (exact) mass is 158 g/mol. The molecular weight excluding hydrogens is 140 g/mol. The van der Waals surface area contributed by atoms with Gasteiger partial charge in [0, 0.05) is 26.2 Å². The van der Waals surface area contributed by atoms with Gasteiger partial charge in [0.25, 0.3) is 0 Å². The predicted octanol–water partition coefficient (Wildman–Crippen LogP) is -0.336. The number of hydrogen-bond donors (Lipinski definition) is 2. The van der Waals surface area contributed by atoms with Gasteiger partial charge in [-0.3, -0.25) is 0 Å². The average Bonchev–Trinajstić information content (AvgIpc) is 2.28. The van der Waals surface area contributed by atoms with Crippen LogP contribution in [0.1, 0.15) is 12.8 Å². The second-order valence-corrected chi connectivity index (χ2v) is 3.02. The molecule has 0 aliphatic carbocycles. The van der Waals surface area contributed by atoms with Gasteiger partial charge in [0.2, 0.25) is 0 Å². The molecule has 2 N–H and O–H groups in total. The SMILES string of the molecule is OCCCN1CCCNCC1. The molecule has 66 valence electrons. The normalized spacial score (nSPS) is 21.5. The van der Waals surface area contributed by atoms with Crippen LogP contribution in [-0.4, -0.2) is 49.3 Å². The molecule has 1 rings (SSSR count). The van der Waals surface area contributed by atoms with Gasteiger partial charge in [-0.2, -0.15) is 0 Å². The fourth-order valence-electron chi connectivity index (χ4n) is 1.42. The molecule has 1 aliphatic rings. The van der Waals surface area contributed by atoms with Crippen molar-refractivity contribution in [1.82, 2.24) is 10.2 Å². The van der Waals surface area contributed by atoms with Crippen LogP contribution in [0.4, 0.5) is 0 Å². The van der Waals surface area contributed by atoms with E-state index in [1.54, 1.807) is 0 Å². The average molecular weight is 158 g/mol. The first kappa shape index (κ1) is 8.97. The minimum absolute atomic E-state index is 0.323. The van der Waals surface area contributed by atoms with E-state index in [0.717, 1.165) is 32.6 Å². The minimum Gasteiger partial charge on any atom is -0.396 e. The number of rotatable bonds is 3. The molecule has 0 aromatic rings. The third-order valence-corrected chi connectivity index (χ3v) is 2.07. The molecule has 3 heteroatoms. The van der Waals surface area contributed by atoms with Crippen molar-refractivity contribution in [3.05, 3.63) is 0 Å². The van der Waals surface area contributed by atoms with Crippen molar-refractivity contribution in [3.8, 4) is 0 Å². The number of nitrogens with zero attached hydrogens (tertiary/aromatic N) is 1. The van der Waals surface area contributed by atoms with Crippen LogP contribution in [0.5, 0.6) is 0 Å². The molecule has 0 aromatic heterocycles. The maximum atomic E-state index is 8.62. The fourth-order valence-corrected chi connectivity index (χ4v) is 1.42. The molecule has 0 spiro atoms. The molecule has 0 unspecified atom stereocenters. The molecule has 1 saturated heterocycles. The topological polar surface area (TPSA) is 35.5 Å². The number of nitrogens with one attached hydrogen (secondary N) is 1. The Bertz CT molecular complexity index is 90.1. The van der Waals surface area contributed by atoms with Gasteiger partial charge in [0.05, 0.1) is 0 Å². The van der Waals surface area contributed by atoms with Crippen LogP contribution in [0.15, 0.2) is 0 Å². The summed E-state index contributed by atoms with van der Waals surface area (Å²) in [6.07, 6.45) is 2.16. The Hall–Kier alpha value is -0.120. The summed E-state index contributed by atoms with van der Waals surface area (Å²) in [4.78, 5) is 2.41. The van der Waals surface area contributed by atoms with E-state index < -0.39 is 0 Å². The highest BCUT2D eigenvalue weighted by molar-refractivity contribution is 4.65. The van der Waals surface area contributed by atoms with Crippen LogP contribution in [0.25, 0.3) is 0 Å². The fraction of sp³-hybridized carbons (Fsp3) is 1.00. The molecule has 0 atom stereocenters. The summed E-state index contributed by atoms with van der Waals surface area (Å²) < 4.78 is 0. The highest BCUT2D eigenvalue weighted by Crippen LogP contribution is 1.95. The maximum absolute atomic E-state index is 8.62. The van der Waals surface area contributed by atoms with Crippen molar-refractivity contribution in [2.75, 3.05) is 39.3 Å². The van der Waals surface area contributed by atoms with Gasteiger partial charge in [-0.1, -0.05) is 0 Å². The zero-order valence-electron chi connectivity index (χ0n) is 7.05. The first-order valence-electron chi connectivity index (χ1n) is 4.47. The van der Waals surface area contributed by atoms with Crippen LogP contribution in [0.3, 0.4) is 0 Å². The van der Waals surface area contributed by atoms with Crippen molar-refractivity contribution < 1.29 is 5.11 Å². The van der Waals surface area contributed by atoms with E-state index in [9.17, 15) is 0 Å². The highest BCUT2D eigenvalue weighted by atomic mass is 16.3. The van der Waals surface area contributed by atoms with E-state index >= 15 is 0 Å². The minimum atomic E-state index is 0.323. The van der Waals surface area contributed by atoms with Crippen LogP contribution in [-0.2, 0) is 0 Å². The number of aliphatic hydroxyl groups is 1. The van der Waals surface area contributed by atoms with Gasteiger partial charge in [-0.25, -0.2) is 0 Å². The van der Waals surface area contributed by atoms with Crippen molar-refractivity contribution in [2.24, 2.45) is 0 Å². The second-order valence-electron chi connectivity index (χ2n) is 3.02. The lowest BCUT2D eigenvalue weighted by Gasteiger charge is -2.18. The van der Waals surface area contributed by atoms with E-state index in [1.807, 2.05) is 0 Å². The Morgan fingerprint density at radius 3 is 3.00 bits per heavy atom. The summed E-state index contributed by atoms with van der Waals surface area (Å²) >= 11 is 0. The summed E-state index contributed by atoms with van der Waals surface area (Å²) in [5.41, 5.74) is 0. The molecule has 1 heterocycles. The molecule has 1 aliphatic heterocycles. The number of aliphatic hydroxyl groups excluding tert-OH is 1. The van der Waals surface area contributed by atoms with Gasteiger partial charge < -0.3 is 15.3 Å². The van der Waals surface area contributed by atoms with Crippen LogP contribution < -0.4 is 5.32 Å². The Kier molecular flexibility index (Phi) is 4.50. The lowest BCUT2D eigenvalue weighted by atomic mass is 10.3. The summed E-state index contributed by atoms with van der Waals surface area (Å²) in [6, 6.07) is 0. The first-order valence-corrected chi connectivity index (χ1v) is 4.47. The van der Waals surface area contributed by atoms with E-state index in [1.165, 1.54) is 13.0 Å². The summed E-state index contributed by atoms with van der Waals surface area (Å²) in [7, 11) is 0. The van der Waals surface area contributed by atoms with E-state index in [4.69, 9.17) is 5.11 Å². The van der Waals surface area contributed by atoms with Gasteiger partial charge in [0.1, 0.15) is 0 Å². The van der Waals surface area contributed by atoms with E-state index in [2.05, 4.69) is 10.2 Å². The quantitative estimate of drug-likeness (QED) is 0.590. The Morgan fingerprint density at radius 2 is 2.18 bits per heavy atom. The lowest BCUT2D eigenvalue weighted by molar-refractivity contribution is 0.232. The molecule has 0 amide bonds. The van der Waals surface area contributed by atoms with Crippen LogP contribution in [0.2, 0.25) is 0 Å². The van der Waals surface area contributed by atoms with Crippen LogP contribution >= 0.6 is 0 Å². The Morgan fingerprint density at radius 1 is 1.27 bits per heavy atom. The summed E-state index contributed by atoms with van der Waals surface area (Å²) in [5, 5.41) is 12.0. The molecular formula is C8H18N2O. The first-order chi connectivity index (χ1) is 5.43. The molecule has 11 heavy (non-hydrogen) atoms. The Balaban J connectivity index is 2.09. The van der Waals surface area contributed by atoms with Crippen molar-refractivity contribution in [3.63, 3.8) is 0 Å². The van der Waals surface area contributed by atoms with Gasteiger partial charge in [0.15, 0.2) is 0 Å². The summed E-state index contributed by atoms with van der Waals surface area (Å²) in [5.74, 6) is 0. The van der Waals surface area contributed by atoms with E-state index in [0.29, 0.717) is 6.61 Å². The zero-order valence-corrected chi connectivity index (χ0v) is 7.05. The molecule has 0 bridgehead atoms.